The number of unbranched alkanes of at least 4 members (excludes halogenated alkanes) is 2. The van der Waals surface area contributed by atoms with Crippen molar-refractivity contribution in [1.29, 1.82) is 0 Å². The second-order valence-electron chi connectivity index (χ2n) is 5.30. The zero-order valence-corrected chi connectivity index (χ0v) is 14.3. The van der Waals surface area contributed by atoms with E-state index in [9.17, 15) is 8.42 Å². The van der Waals surface area contributed by atoms with Crippen LogP contribution in [0, 0.1) is 0 Å². The number of aromatic nitrogens is 1. The van der Waals surface area contributed by atoms with Gasteiger partial charge in [0.05, 0.1) is 5.69 Å². The van der Waals surface area contributed by atoms with Crippen LogP contribution in [0.5, 0.6) is 0 Å². The molecular weight excluding hydrogens is 286 g/mol. The largest absolute Gasteiger partial charge is 0.383 e. The van der Waals surface area contributed by atoms with Gasteiger partial charge in [-0.3, -0.25) is 0 Å². The van der Waals surface area contributed by atoms with Gasteiger partial charge in [-0.1, -0.05) is 19.8 Å². The summed E-state index contributed by atoms with van der Waals surface area (Å²) in [6.45, 7) is 9.04. The molecule has 1 aromatic rings. The Kier molecular flexibility index (Phi) is 7.11. The highest BCUT2D eigenvalue weighted by Crippen LogP contribution is 2.24. The molecule has 1 rings (SSSR count). The molecule has 0 radical (unpaired) electrons. The number of anilines is 1. The Morgan fingerprint density at radius 1 is 1.29 bits per heavy atom. The van der Waals surface area contributed by atoms with E-state index in [-0.39, 0.29) is 11.1 Å². The van der Waals surface area contributed by atoms with Crippen LogP contribution in [-0.2, 0) is 10.0 Å². The van der Waals surface area contributed by atoms with Gasteiger partial charge in [-0.25, -0.2) is 13.4 Å². The number of hydrogen-bond donors (Lipinski definition) is 1. The smallest absolute Gasteiger partial charge is 0.262 e. The van der Waals surface area contributed by atoms with Crippen molar-refractivity contribution in [2.75, 3.05) is 18.4 Å². The topological polar surface area (TPSA) is 62.3 Å². The number of nitrogens with zero attached hydrogens (tertiary/aromatic N) is 2. The normalized spacial score (nSPS) is 12.1. The quantitative estimate of drug-likeness (QED) is 0.712. The van der Waals surface area contributed by atoms with Crippen molar-refractivity contribution in [3.8, 4) is 0 Å². The third kappa shape index (κ3) is 4.68. The summed E-state index contributed by atoms with van der Waals surface area (Å²) in [7, 11) is -3.57. The molecule has 0 saturated heterocycles. The van der Waals surface area contributed by atoms with E-state index >= 15 is 0 Å². The fourth-order valence-electron chi connectivity index (χ4n) is 2.21. The van der Waals surface area contributed by atoms with Crippen molar-refractivity contribution in [2.45, 2.75) is 58.0 Å². The lowest BCUT2D eigenvalue weighted by Crippen LogP contribution is -2.38. The Hall–Kier alpha value is -1.14. The summed E-state index contributed by atoms with van der Waals surface area (Å²) in [6.07, 6.45) is 4.49. The van der Waals surface area contributed by atoms with E-state index in [1.54, 1.807) is 16.4 Å². The Morgan fingerprint density at radius 3 is 2.57 bits per heavy atom. The van der Waals surface area contributed by atoms with Crippen molar-refractivity contribution in [3.63, 3.8) is 0 Å². The molecule has 0 saturated carbocycles. The molecule has 0 fully saturated rings. The van der Waals surface area contributed by atoms with Crippen LogP contribution < -0.4 is 5.32 Å². The van der Waals surface area contributed by atoms with E-state index in [0.717, 1.165) is 19.3 Å². The Bertz CT molecular complexity index is 529. The Labute approximate surface area is 128 Å². The summed E-state index contributed by atoms with van der Waals surface area (Å²) in [5.41, 5.74) is 0.571. The predicted octanol–water partition coefficient (Wildman–Crippen LogP) is 3.10. The van der Waals surface area contributed by atoms with Gasteiger partial charge < -0.3 is 5.32 Å². The molecule has 0 aliphatic heterocycles. The Balaban J connectivity index is 3.11. The molecule has 0 amide bonds. The molecule has 0 atom stereocenters. The number of rotatable bonds is 9. The molecular formula is C15H27N3O2S. The zero-order valence-electron chi connectivity index (χ0n) is 13.5. The van der Waals surface area contributed by atoms with E-state index in [0.29, 0.717) is 18.8 Å². The van der Waals surface area contributed by atoms with Crippen LogP contribution in [0.1, 0.15) is 47.0 Å². The average molecular weight is 313 g/mol. The number of nitrogens with one attached hydrogen (secondary N) is 1. The van der Waals surface area contributed by atoms with Gasteiger partial charge in [0.15, 0.2) is 5.03 Å². The second-order valence-corrected chi connectivity index (χ2v) is 7.11. The fourth-order valence-corrected chi connectivity index (χ4v) is 3.96. The van der Waals surface area contributed by atoms with Gasteiger partial charge in [-0.15, -0.1) is 0 Å². The molecule has 120 valence electrons. The summed E-state index contributed by atoms with van der Waals surface area (Å²) >= 11 is 0. The van der Waals surface area contributed by atoms with E-state index in [4.69, 9.17) is 0 Å². The maximum Gasteiger partial charge on any atom is 0.262 e. The average Bonchev–Trinajstić information content (AvgIpc) is 2.43. The van der Waals surface area contributed by atoms with E-state index in [1.807, 2.05) is 20.8 Å². The molecule has 6 heteroatoms. The van der Waals surface area contributed by atoms with Crippen molar-refractivity contribution in [1.82, 2.24) is 9.29 Å². The first-order chi connectivity index (χ1) is 9.95. The van der Waals surface area contributed by atoms with Gasteiger partial charge in [0, 0.05) is 25.3 Å². The number of hydrogen-bond acceptors (Lipinski definition) is 4. The standard InChI is InChI=1S/C15H27N3O2S/c1-5-7-8-12-18(13(3)4)21(19,20)15-14(16-6-2)10-9-11-17-15/h9-11,13,16H,5-8,12H2,1-4H3. The molecule has 0 bridgehead atoms. The Morgan fingerprint density at radius 2 is 2.00 bits per heavy atom. The lowest BCUT2D eigenvalue weighted by Gasteiger charge is -2.26. The lowest BCUT2D eigenvalue weighted by molar-refractivity contribution is 0.344. The first-order valence-corrected chi connectivity index (χ1v) is 9.09. The minimum Gasteiger partial charge on any atom is -0.383 e. The van der Waals surface area contributed by atoms with Crippen LogP contribution in [-0.4, -0.2) is 36.8 Å². The molecule has 1 heterocycles. The van der Waals surface area contributed by atoms with Crippen LogP contribution in [0.2, 0.25) is 0 Å². The zero-order chi connectivity index (χ0) is 15.9. The highest BCUT2D eigenvalue weighted by molar-refractivity contribution is 7.89. The van der Waals surface area contributed by atoms with Crippen molar-refractivity contribution < 1.29 is 8.42 Å². The van der Waals surface area contributed by atoms with Crippen LogP contribution in [0.25, 0.3) is 0 Å². The predicted molar refractivity (Wildman–Crippen MR) is 87.0 cm³/mol. The summed E-state index contributed by atoms with van der Waals surface area (Å²) < 4.78 is 27.3. The van der Waals surface area contributed by atoms with Crippen LogP contribution in [0.3, 0.4) is 0 Å². The SMILES string of the molecule is CCCCCN(C(C)C)S(=O)(=O)c1ncccc1NCC. The van der Waals surface area contributed by atoms with E-state index < -0.39 is 10.0 Å². The van der Waals surface area contributed by atoms with E-state index in [1.165, 1.54) is 6.20 Å². The third-order valence-electron chi connectivity index (χ3n) is 3.25. The van der Waals surface area contributed by atoms with Gasteiger partial charge in [-0.2, -0.15) is 4.31 Å². The molecule has 0 aliphatic carbocycles. The van der Waals surface area contributed by atoms with Gasteiger partial charge in [0.1, 0.15) is 0 Å². The highest BCUT2D eigenvalue weighted by atomic mass is 32.2. The monoisotopic (exact) mass is 313 g/mol. The number of sulfonamides is 1. The van der Waals surface area contributed by atoms with Crippen LogP contribution in [0.4, 0.5) is 5.69 Å². The summed E-state index contributed by atoms with van der Waals surface area (Å²) in [5, 5.41) is 3.20. The van der Waals surface area contributed by atoms with Crippen LogP contribution in [0.15, 0.2) is 23.4 Å². The molecule has 1 aromatic heterocycles. The maximum atomic E-state index is 12.9. The minimum absolute atomic E-state index is 0.0802. The molecule has 0 unspecified atom stereocenters. The summed E-state index contributed by atoms with van der Waals surface area (Å²) in [4.78, 5) is 4.11. The molecule has 0 aliphatic rings. The second kappa shape index (κ2) is 8.34. The fraction of sp³-hybridized carbons (Fsp3) is 0.667. The van der Waals surface area contributed by atoms with Gasteiger partial charge in [-0.05, 0) is 39.3 Å². The summed E-state index contributed by atoms with van der Waals surface area (Å²) in [6, 6.07) is 3.42. The van der Waals surface area contributed by atoms with E-state index in [2.05, 4.69) is 17.2 Å². The lowest BCUT2D eigenvalue weighted by atomic mass is 10.2. The van der Waals surface area contributed by atoms with Gasteiger partial charge >= 0.3 is 0 Å². The first-order valence-electron chi connectivity index (χ1n) is 7.65. The van der Waals surface area contributed by atoms with Gasteiger partial charge in [0.2, 0.25) is 0 Å². The van der Waals surface area contributed by atoms with Crippen molar-refractivity contribution in [3.05, 3.63) is 18.3 Å². The molecule has 1 N–H and O–H groups in total. The molecule has 0 aromatic carbocycles. The highest BCUT2D eigenvalue weighted by Gasteiger charge is 2.29. The maximum absolute atomic E-state index is 12.9. The number of pyridine rings is 1. The first kappa shape index (κ1) is 17.9. The van der Waals surface area contributed by atoms with Gasteiger partial charge in [0.25, 0.3) is 10.0 Å². The third-order valence-corrected chi connectivity index (χ3v) is 5.29. The minimum atomic E-state index is -3.57. The molecule has 21 heavy (non-hydrogen) atoms. The van der Waals surface area contributed by atoms with Crippen molar-refractivity contribution >= 4 is 15.7 Å². The molecule has 0 spiro atoms. The summed E-state index contributed by atoms with van der Waals surface area (Å²) in [5.74, 6) is 0. The van der Waals surface area contributed by atoms with Crippen LogP contribution >= 0.6 is 0 Å². The molecule has 5 nitrogen and oxygen atoms in total. The van der Waals surface area contributed by atoms with Crippen molar-refractivity contribution in [2.24, 2.45) is 0 Å².